The summed E-state index contributed by atoms with van der Waals surface area (Å²) in [5, 5.41) is 0. The Kier molecular flexibility index (Phi) is 5.76. The summed E-state index contributed by atoms with van der Waals surface area (Å²) in [6, 6.07) is 12.0. The van der Waals surface area contributed by atoms with Crippen LogP contribution < -0.4 is 10.5 Å². The second kappa shape index (κ2) is 8.21. The molecule has 2 heterocycles. The van der Waals surface area contributed by atoms with E-state index in [1.165, 1.54) is 11.3 Å². The summed E-state index contributed by atoms with van der Waals surface area (Å²) in [6.45, 7) is 1.55. The minimum Gasteiger partial charge on any atom is -0.378 e. The van der Waals surface area contributed by atoms with Crippen molar-refractivity contribution in [2.24, 2.45) is 0 Å². The fraction of sp³-hybridized carbons (Fsp3) is 0.429. The predicted octanol–water partition coefficient (Wildman–Crippen LogP) is 2.78. The lowest BCUT2D eigenvalue weighted by Crippen LogP contribution is -2.38. The number of pyridine rings is 1. The quantitative estimate of drug-likeness (QED) is 0.899. The molecule has 1 aromatic carbocycles. The van der Waals surface area contributed by atoms with Crippen molar-refractivity contribution >= 4 is 11.6 Å². The van der Waals surface area contributed by atoms with Crippen LogP contribution >= 0.6 is 0 Å². The first-order chi connectivity index (χ1) is 12.5. The first-order valence-electron chi connectivity index (χ1n) is 9.25. The van der Waals surface area contributed by atoms with Gasteiger partial charge in [-0.05, 0) is 54.5 Å². The molecule has 1 aromatic heterocycles. The standard InChI is InChI=1S/C21H27N3O2/c1-23(2)19-6-3-16(4-7-19)5-8-21(26)24-13-10-17(11-14-24)18-9-12-22-20(25)15-18/h3-4,6-7,9,12,15,17H,5,8,10-11,13-14H2,1-2H3,(H,22,25). The summed E-state index contributed by atoms with van der Waals surface area (Å²) in [7, 11) is 4.04. The number of likely N-dealkylation sites (tertiary alicyclic amines) is 1. The fourth-order valence-corrected chi connectivity index (χ4v) is 3.55. The highest BCUT2D eigenvalue weighted by Crippen LogP contribution is 2.27. The molecule has 0 saturated carbocycles. The Morgan fingerprint density at radius 2 is 1.85 bits per heavy atom. The van der Waals surface area contributed by atoms with Gasteiger partial charge in [0.1, 0.15) is 0 Å². The number of hydrogen-bond acceptors (Lipinski definition) is 3. The Bertz CT molecular complexity index is 787. The van der Waals surface area contributed by atoms with Crippen LogP contribution in [0.1, 0.15) is 36.3 Å². The van der Waals surface area contributed by atoms with Crippen LogP contribution in [0, 0.1) is 0 Å². The SMILES string of the molecule is CN(C)c1ccc(CCC(=O)N2CCC(c3cc[nH]c(=O)c3)CC2)cc1. The number of aromatic amines is 1. The van der Waals surface area contributed by atoms with Crippen molar-refractivity contribution in [1.82, 2.24) is 9.88 Å². The summed E-state index contributed by atoms with van der Waals surface area (Å²) in [6.07, 6.45) is 4.88. The molecule has 1 aliphatic heterocycles. The number of anilines is 1. The van der Waals surface area contributed by atoms with Crippen LogP contribution in [-0.4, -0.2) is 43.0 Å². The van der Waals surface area contributed by atoms with E-state index in [1.54, 1.807) is 12.3 Å². The number of hydrogen-bond donors (Lipinski definition) is 1. The van der Waals surface area contributed by atoms with Gasteiger partial charge in [0.25, 0.3) is 0 Å². The lowest BCUT2D eigenvalue weighted by molar-refractivity contribution is -0.132. The molecule has 5 heteroatoms. The van der Waals surface area contributed by atoms with Crippen molar-refractivity contribution in [3.05, 3.63) is 64.1 Å². The smallest absolute Gasteiger partial charge is 0.248 e. The highest BCUT2D eigenvalue weighted by Gasteiger charge is 2.23. The van der Waals surface area contributed by atoms with Crippen LogP contribution in [0.2, 0.25) is 0 Å². The van der Waals surface area contributed by atoms with Crippen LogP contribution in [0.25, 0.3) is 0 Å². The number of piperidine rings is 1. The summed E-state index contributed by atoms with van der Waals surface area (Å²) in [4.78, 5) is 30.7. The predicted molar refractivity (Wildman–Crippen MR) is 105 cm³/mol. The molecule has 0 unspecified atom stereocenters. The molecule has 2 aromatic rings. The number of nitrogens with one attached hydrogen (secondary N) is 1. The van der Waals surface area contributed by atoms with Gasteiger partial charge >= 0.3 is 0 Å². The average molecular weight is 353 g/mol. The second-order valence-corrected chi connectivity index (χ2v) is 7.20. The van der Waals surface area contributed by atoms with Crippen LogP contribution in [-0.2, 0) is 11.2 Å². The maximum absolute atomic E-state index is 12.5. The zero-order chi connectivity index (χ0) is 18.5. The lowest BCUT2D eigenvalue weighted by atomic mass is 9.90. The number of aryl methyl sites for hydroxylation is 1. The van der Waals surface area contributed by atoms with Gasteiger partial charge in [0, 0.05) is 51.6 Å². The minimum atomic E-state index is -0.0544. The van der Waals surface area contributed by atoms with E-state index < -0.39 is 0 Å². The van der Waals surface area contributed by atoms with Gasteiger partial charge in [-0.2, -0.15) is 0 Å². The molecule has 1 amide bonds. The maximum atomic E-state index is 12.5. The van der Waals surface area contributed by atoms with Crippen molar-refractivity contribution in [2.45, 2.75) is 31.6 Å². The topological polar surface area (TPSA) is 56.4 Å². The number of carbonyl (C=O) groups excluding carboxylic acids is 1. The first kappa shape index (κ1) is 18.2. The van der Waals surface area contributed by atoms with Gasteiger partial charge in [0.15, 0.2) is 0 Å². The number of aromatic nitrogens is 1. The Morgan fingerprint density at radius 1 is 1.15 bits per heavy atom. The van der Waals surface area contributed by atoms with Gasteiger partial charge in [-0.3, -0.25) is 9.59 Å². The largest absolute Gasteiger partial charge is 0.378 e. The van der Waals surface area contributed by atoms with Gasteiger partial charge in [-0.15, -0.1) is 0 Å². The number of benzene rings is 1. The molecule has 0 aliphatic carbocycles. The zero-order valence-corrected chi connectivity index (χ0v) is 15.6. The maximum Gasteiger partial charge on any atom is 0.248 e. The molecule has 0 atom stereocenters. The van der Waals surface area contributed by atoms with Crippen molar-refractivity contribution in [2.75, 3.05) is 32.1 Å². The van der Waals surface area contributed by atoms with Crippen LogP contribution in [0.15, 0.2) is 47.4 Å². The van der Waals surface area contributed by atoms with Gasteiger partial charge in [-0.25, -0.2) is 0 Å². The third-order valence-corrected chi connectivity index (χ3v) is 5.20. The number of nitrogens with zero attached hydrogens (tertiary/aromatic N) is 2. The molecule has 1 aliphatic rings. The summed E-state index contributed by atoms with van der Waals surface area (Å²) < 4.78 is 0. The summed E-state index contributed by atoms with van der Waals surface area (Å²) >= 11 is 0. The third-order valence-electron chi connectivity index (χ3n) is 5.20. The lowest BCUT2D eigenvalue weighted by Gasteiger charge is -2.32. The molecule has 1 saturated heterocycles. The van der Waals surface area contributed by atoms with Gasteiger partial charge in [0.2, 0.25) is 11.5 Å². The average Bonchev–Trinajstić information content (AvgIpc) is 2.66. The number of H-pyrrole nitrogens is 1. The molecule has 26 heavy (non-hydrogen) atoms. The van der Waals surface area contributed by atoms with E-state index in [-0.39, 0.29) is 11.5 Å². The Balaban J connectivity index is 1.48. The van der Waals surface area contributed by atoms with E-state index in [0.29, 0.717) is 12.3 Å². The number of rotatable bonds is 5. The molecule has 3 rings (SSSR count). The molecule has 0 bridgehead atoms. The number of amides is 1. The normalized spacial score (nSPS) is 15.1. The zero-order valence-electron chi connectivity index (χ0n) is 15.6. The van der Waals surface area contributed by atoms with Crippen molar-refractivity contribution in [3.63, 3.8) is 0 Å². The van der Waals surface area contributed by atoms with E-state index in [9.17, 15) is 9.59 Å². The minimum absolute atomic E-state index is 0.0544. The van der Waals surface area contributed by atoms with Gasteiger partial charge in [-0.1, -0.05) is 12.1 Å². The Labute approximate surface area is 154 Å². The van der Waals surface area contributed by atoms with Gasteiger partial charge < -0.3 is 14.8 Å². The molecule has 0 radical (unpaired) electrons. The molecular weight excluding hydrogens is 326 g/mol. The van der Waals surface area contributed by atoms with E-state index in [0.717, 1.165) is 37.9 Å². The van der Waals surface area contributed by atoms with Gasteiger partial charge in [0.05, 0.1) is 0 Å². The molecule has 5 nitrogen and oxygen atoms in total. The Morgan fingerprint density at radius 3 is 2.46 bits per heavy atom. The number of carbonyl (C=O) groups is 1. The van der Waals surface area contributed by atoms with E-state index in [2.05, 4.69) is 34.1 Å². The molecule has 1 N–H and O–H groups in total. The monoisotopic (exact) mass is 353 g/mol. The highest BCUT2D eigenvalue weighted by molar-refractivity contribution is 5.76. The van der Waals surface area contributed by atoms with E-state index >= 15 is 0 Å². The second-order valence-electron chi connectivity index (χ2n) is 7.20. The molecule has 1 fully saturated rings. The van der Waals surface area contributed by atoms with Crippen molar-refractivity contribution in [1.29, 1.82) is 0 Å². The van der Waals surface area contributed by atoms with E-state index in [1.807, 2.05) is 25.1 Å². The first-order valence-corrected chi connectivity index (χ1v) is 9.25. The van der Waals surface area contributed by atoms with Crippen LogP contribution in [0.4, 0.5) is 5.69 Å². The summed E-state index contributed by atoms with van der Waals surface area (Å²) in [5.74, 6) is 0.603. The summed E-state index contributed by atoms with van der Waals surface area (Å²) in [5.41, 5.74) is 3.40. The fourth-order valence-electron chi connectivity index (χ4n) is 3.55. The van der Waals surface area contributed by atoms with Crippen molar-refractivity contribution < 1.29 is 4.79 Å². The third kappa shape index (κ3) is 4.54. The van der Waals surface area contributed by atoms with E-state index in [4.69, 9.17) is 0 Å². The Hall–Kier alpha value is -2.56. The van der Waals surface area contributed by atoms with Crippen LogP contribution in [0.3, 0.4) is 0 Å². The van der Waals surface area contributed by atoms with Crippen LogP contribution in [0.5, 0.6) is 0 Å². The molecule has 138 valence electrons. The highest BCUT2D eigenvalue weighted by atomic mass is 16.2. The van der Waals surface area contributed by atoms with Crippen molar-refractivity contribution in [3.8, 4) is 0 Å². The molecule has 0 spiro atoms. The molecular formula is C21H27N3O2.